The first-order valence-corrected chi connectivity index (χ1v) is 10.3. The summed E-state index contributed by atoms with van der Waals surface area (Å²) >= 11 is 6.01. The maximum atomic E-state index is 6.01. The first kappa shape index (κ1) is 22.2. The van der Waals surface area contributed by atoms with Gasteiger partial charge in [-0.25, -0.2) is 0 Å². The van der Waals surface area contributed by atoms with Crippen molar-refractivity contribution in [2.24, 2.45) is 4.99 Å². The van der Waals surface area contributed by atoms with E-state index in [1.54, 1.807) is 0 Å². The Balaban J connectivity index is 1.74. The Morgan fingerprint density at radius 3 is 2.86 bits per heavy atom. The van der Waals surface area contributed by atoms with Crippen LogP contribution >= 0.6 is 11.6 Å². The van der Waals surface area contributed by atoms with Gasteiger partial charge in [0.05, 0.1) is 0 Å². The topological polar surface area (TPSA) is 84.6 Å². The lowest BCUT2D eigenvalue weighted by Gasteiger charge is -2.10. The molecule has 154 valence electrons. The molecule has 0 unspecified atom stereocenters. The lowest BCUT2D eigenvalue weighted by atomic mass is 10.2. The first-order chi connectivity index (χ1) is 13.7. The van der Waals surface area contributed by atoms with E-state index in [1.165, 1.54) is 0 Å². The molecule has 0 aliphatic carbocycles. The maximum absolute atomic E-state index is 6.01. The number of ether oxygens (including phenoxy) is 1. The highest BCUT2D eigenvalue weighted by Crippen LogP contribution is 2.19. The summed E-state index contributed by atoms with van der Waals surface area (Å²) in [5.74, 6) is 1.90. The molecule has 1 aromatic carbocycles. The van der Waals surface area contributed by atoms with Crippen LogP contribution < -0.4 is 10.6 Å². The number of hydrogen-bond donors (Lipinski definition) is 2. The molecule has 1 aromatic heterocycles. The van der Waals surface area contributed by atoms with E-state index >= 15 is 0 Å². The van der Waals surface area contributed by atoms with E-state index in [2.05, 4.69) is 32.7 Å². The standard InChI is InChI=1S/C20H30ClN5O2/c1-3-5-13-27-14-7-11-23-20(22-4-2)24-12-10-18-25-19(26-28-18)16-8-6-9-17(21)15-16/h6,8-9,15H,3-5,7,10-14H2,1-2H3,(H2,22,23,24). The van der Waals surface area contributed by atoms with Crippen LogP contribution in [0.3, 0.4) is 0 Å². The molecular formula is C20H30ClN5O2. The Labute approximate surface area is 171 Å². The van der Waals surface area contributed by atoms with Crippen LogP contribution in [0.4, 0.5) is 0 Å². The second kappa shape index (κ2) is 13.1. The number of nitrogens with one attached hydrogen (secondary N) is 2. The molecule has 0 aliphatic heterocycles. The minimum atomic E-state index is 0.543. The number of halogens is 1. The third-order valence-electron chi connectivity index (χ3n) is 3.89. The minimum absolute atomic E-state index is 0.543. The van der Waals surface area contributed by atoms with E-state index in [9.17, 15) is 0 Å². The lowest BCUT2D eigenvalue weighted by molar-refractivity contribution is 0.130. The van der Waals surface area contributed by atoms with E-state index in [4.69, 9.17) is 20.9 Å². The number of aromatic nitrogens is 2. The number of benzene rings is 1. The summed E-state index contributed by atoms with van der Waals surface area (Å²) in [5, 5.41) is 11.2. The highest BCUT2D eigenvalue weighted by Gasteiger charge is 2.09. The molecule has 2 aromatic rings. The van der Waals surface area contributed by atoms with Gasteiger partial charge in [0.15, 0.2) is 5.96 Å². The van der Waals surface area contributed by atoms with Crippen molar-refractivity contribution in [3.63, 3.8) is 0 Å². The smallest absolute Gasteiger partial charge is 0.228 e. The van der Waals surface area contributed by atoms with Crippen LogP contribution in [0.2, 0.25) is 5.02 Å². The predicted octanol–water partition coefficient (Wildman–Crippen LogP) is 3.69. The van der Waals surface area contributed by atoms with Gasteiger partial charge in [0.25, 0.3) is 0 Å². The number of hydrogen-bond acceptors (Lipinski definition) is 5. The molecule has 28 heavy (non-hydrogen) atoms. The van der Waals surface area contributed by atoms with Crippen LogP contribution in [0, 0.1) is 0 Å². The Hall–Kier alpha value is -2.12. The van der Waals surface area contributed by atoms with Gasteiger partial charge >= 0.3 is 0 Å². The highest BCUT2D eigenvalue weighted by molar-refractivity contribution is 6.30. The highest BCUT2D eigenvalue weighted by atomic mass is 35.5. The van der Waals surface area contributed by atoms with E-state index in [1.807, 2.05) is 31.2 Å². The van der Waals surface area contributed by atoms with Crippen LogP contribution in [0.25, 0.3) is 11.4 Å². The average Bonchev–Trinajstić information content (AvgIpc) is 3.16. The lowest BCUT2D eigenvalue weighted by Crippen LogP contribution is -2.38. The largest absolute Gasteiger partial charge is 0.381 e. The summed E-state index contributed by atoms with van der Waals surface area (Å²) in [6, 6.07) is 7.40. The van der Waals surface area contributed by atoms with Gasteiger partial charge in [0.1, 0.15) is 0 Å². The van der Waals surface area contributed by atoms with Crippen LogP contribution in [0.5, 0.6) is 0 Å². The Morgan fingerprint density at radius 2 is 2.07 bits per heavy atom. The molecule has 0 amide bonds. The van der Waals surface area contributed by atoms with Gasteiger partial charge in [-0.15, -0.1) is 0 Å². The quantitative estimate of drug-likeness (QED) is 0.317. The summed E-state index contributed by atoms with van der Waals surface area (Å²) in [4.78, 5) is 8.98. The zero-order valence-electron chi connectivity index (χ0n) is 16.7. The molecule has 0 spiro atoms. The van der Waals surface area contributed by atoms with Gasteiger partial charge in [0, 0.05) is 49.9 Å². The van der Waals surface area contributed by atoms with Gasteiger partial charge in [0.2, 0.25) is 11.7 Å². The number of guanidine groups is 1. The van der Waals surface area contributed by atoms with Crippen molar-refractivity contribution in [3.05, 3.63) is 35.2 Å². The Bertz CT molecular complexity index is 720. The van der Waals surface area contributed by atoms with Gasteiger partial charge in [-0.2, -0.15) is 4.98 Å². The number of unbranched alkanes of at least 4 members (excludes halogenated alkanes) is 1. The van der Waals surface area contributed by atoms with Crippen molar-refractivity contribution in [1.82, 2.24) is 20.8 Å². The average molecular weight is 408 g/mol. The Kier molecular flexibility index (Phi) is 10.4. The van der Waals surface area contributed by atoms with Crippen molar-refractivity contribution in [2.45, 2.75) is 39.5 Å². The SMILES string of the molecule is CCCCOCCCN=C(NCC)NCCc1nc(-c2cccc(Cl)c2)no1. The molecule has 2 rings (SSSR count). The monoisotopic (exact) mass is 407 g/mol. The van der Waals surface area contributed by atoms with Crippen LogP contribution in [-0.4, -0.2) is 48.9 Å². The molecule has 0 aliphatic rings. The molecule has 1 heterocycles. The molecule has 2 N–H and O–H groups in total. The molecule has 0 bridgehead atoms. The molecule has 8 heteroatoms. The second-order valence-corrected chi connectivity index (χ2v) is 6.72. The fourth-order valence-corrected chi connectivity index (χ4v) is 2.63. The fourth-order valence-electron chi connectivity index (χ4n) is 2.44. The van der Waals surface area contributed by atoms with Gasteiger partial charge in [-0.05, 0) is 31.9 Å². The molecular weight excluding hydrogens is 378 g/mol. The number of rotatable bonds is 12. The Morgan fingerprint density at radius 1 is 1.21 bits per heavy atom. The van der Waals surface area contributed by atoms with Crippen molar-refractivity contribution < 1.29 is 9.26 Å². The summed E-state index contributed by atoms with van der Waals surface area (Å²) in [5.41, 5.74) is 0.839. The van der Waals surface area contributed by atoms with Gasteiger partial charge < -0.3 is 19.9 Å². The van der Waals surface area contributed by atoms with Crippen molar-refractivity contribution in [2.75, 3.05) is 32.8 Å². The van der Waals surface area contributed by atoms with E-state index in [0.717, 1.165) is 57.1 Å². The van der Waals surface area contributed by atoms with Crippen molar-refractivity contribution >= 4 is 17.6 Å². The molecule has 7 nitrogen and oxygen atoms in total. The third kappa shape index (κ3) is 8.27. The molecule has 0 saturated heterocycles. The fraction of sp³-hybridized carbons (Fsp3) is 0.550. The zero-order valence-corrected chi connectivity index (χ0v) is 17.5. The first-order valence-electron chi connectivity index (χ1n) is 9.91. The van der Waals surface area contributed by atoms with E-state index < -0.39 is 0 Å². The summed E-state index contributed by atoms with van der Waals surface area (Å²) < 4.78 is 10.9. The minimum Gasteiger partial charge on any atom is -0.381 e. The summed E-state index contributed by atoms with van der Waals surface area (Å²) in [7, 11) is 0. The van der Waals surface area contributed by atoms with E-state index in [-0.39, 0.29) is 0 Å². The summed E-state index contributed by atoms with van der Waals surface area (Å²) in [6.45, 7) is 7.96. The van der Waals surface area contributed by atoms with Gasteiger partial charge in [-0.1, -0.05) is 42.2 Å². The zero-order chi connectivity index (χ0) is 20.0. The molecule has 0 radical (unpaired) electrons. The normalized spacial score (nSPS) is 11.6. The van der Waals surface area contributed by atoms with Crippen LogP contribution in [0.15, 0.2) is 33.8 Å². The van der Waals surface area contributed by atoms with E-state index in [0.29, 0.717) is 29.7 Å². The predicted molar refractivity (Wildman–Crippen MR) is 113 cm³/mol. The van der Waals surface area contributed by atoms with Gasteiger partial charge in [-0.3, -0.25) is 4.99 Å². The van der Waals surface area contributed by atoms with Crippen LogP contribution in [-0.2, 0) is 11.2 Å². The molecule has 0 atom stereocenters. The third-order valence-corrected chi connectivity index (χ3v) is 4.12. The summed E-state index contributed by atoms with van der Waals surface area (Å²) in [6.07, 6.45) is 3.79. The number of aliphatic imine (C=N–C) groups is 1. The second-order valence-electron chi connectivity index (χ2n) is 6.28. The van der Waals surface area contributed by atoms with Crippen molar-refractivity contribution in [3.8, 4) is 11.4 Å². The maximum Gasteiger partial charge on any atom is 0.228 e. The molecule has 0 saturated carbocycles. The van der Waals surface area contributed by atoms with Crippen molar-refractivity contribution in [1.29, 1.82) is 0 Å². The molecule has 0 fully saturated rings. The van der Waals surface area contributed by atoms with Crippen LogP contribution in [0.1, 0.15) is 39.0 Å². The number of nitrogens with zero attached hydrogens (tertiary/aromatic N) is 3.